The van der Waals surface area contributed by atoms with E-state index in [1.165, 1.54) is 12.1 Å². The summed E-state index contributed by atoms with van der Waals surface area (Å²) in [7, 11) is 0. The van der Waals surface area contributed by atoms with Crippen LogP contribution in [0.3, 0.4) is 0 Å². The van der Waals surface area contributed by atoms with Gasteiger partial charge < -0.3 is 5.32 Å². The lowest BCUT2D eigenvalue weighted by Crippen LogP contribution is -2.40. The second-order valence-electron chi connectivity index (χ2n) is 7.11. The van der Waals surface area contributed by atoms with Gasteiger partial charge in [-0.2, -0.15) is 0 Å². The number of benzene rings is 1. The molecule has 126 valence electrons. The average Bonchev–Trinajstić information content (AvgIpc) is 2.44. The molecule has 0 fully saturated rings. The minimum atomic E-state index is -0.560. The Morgan fingerprint density at radius 1 is 1.29 bits per heavy atom. The van der Waals surface area contributed by atoms with Crippen LogP contribution in [0.2, 0.25) is 5.02 Å². The van der Waals surface area contributed by atoms with Gasteiger partial charge in [-0.1, -0.05) is 31.5 Å². The fourth-order valence-electron chi connectivity index (χ4n) is 3.53. The molecule has 7 heteroatoms. The summed E-state index contributed by atoms with van der Waals surface area (Å²) in [5.74, 6) is -0.654. The molecule has 3 rings (SSSR count). The highest BCUT2D eigenvalue weighted by Crippen LogP contribution is 2.44. The number of Topliss-reactive ketones (excluding diaryl/α,β-unsaturated/α-hetero) is 1. The molecular weight excluding hydrogens is 332 g/mol. The number of nitrogens with zero attached hydrogens (tertiary/aromatic N) is 1. The SMILES string of the molecule is CC1(C)CC(=O)C2=C(C1)NC(=O)CC2c1ccc(Cl)c([N+](=O)[O-])c1. The highest BCUT2D eigenvalue weighted by Gasteiger charge is 2.40. The Balaban J connectivity index is 2.10. The third-order valence-electron chi connectivity index (χ3n) is 4.52. The van der Waals surface area contributed by atoms with Gasteiger partial charge in [0.05, 0.1) is 4.92 Å². The molecule has 24 heavy (non-hydrogen) atoms. The van der Waals surface area contributed by atoms with Crippen LogP contribution >= 0.6 is 11.6 Å². The highest BCUT2D eigenvalue weighted by molar-refractivity contribution is 6.32. The van der Waals surface area contributed by atoms with E-state index in [4.69, 9.17) is 11.6 Å². The molecule has 1 aromatic carbocycles. The number of nitrogens with one attached hydrogen (secondary N) is 1. The molecule has 0 saturated heterocycles. The van der Waals surface area contributed by atoms with Crippen LogP contribution in [0.15, 0.2) is 29.5 Å². The van der Waals surface area contributed by atoms with Crippen LogP contribution in [0.5, 0.6) is 0 Å². The highest BCUT2D eigenvalue weighted by atomic mass is 35.5. The minimum absolute atomic E-state index is 0.0103. The zero-order chi connectivity index (χ0) is 17.6. The lowest BCUT2D eigenvalue weighted by atomic mass is 9.70. The molecule has 1 aromatic rings. The van der Waals surface area contributed by atoms with Gasteiger partial charge in [0.25, 0.3) is 5.69 Å². The number of allylic oxidation sites excluding steroid dienone is 2. The van der Waals surface area contributed by atoms with Crippen molar-refractivity contribution in [1.82, 2.24) is 5.32 Å². The van der Waals surface area contributed by atoms with Crippen molar-refractivity contribution in [3.63, 3.8) is 0 Å². The molecule has 1 aliphatic heterocycles. The standard InChI is InChI=1S/C17H17ClN2O4/c1-17(2)7-12-16(14(21)8-17)10(6-15(22)19-12)9-3-4-11(18)13(5-9)20(23)24/h3-5,10H,6-8H2,1-2H3,(H,19,22). The van der Waals surface area contributed by atoms with E-state index in [0.717, 1.165) is 0 Å². The summed E-state index contributed by atoms with van der Waals surface area (Å²) < 4.78 is 0. The van der Waals surface area contributed by atoms with E-state index in [2.05, 4.69) is 5.32 Å². The smallest absolute Gasteiger partial charge is 0.288 e. The average molecular weight is 349 g/mol. The molecule has 1 aliphatic carbocycles. The summed E-state index contributed by atoms with van der Waals surface area (Å²) in [4.78, 5) is 35.3. The van der Waals surface area contributed by atoms with Gasteiger partial charge in [-0.05, 0) is 23.5 Å². The van der Waals surface area contributed by atoms with Crippen LogP contribution in [0.1, 0.15) is 44.6 Å². The number of hydrogen-bond acceptors (Lipinski definition) is 4. The molecule has 1 N–H and O–H groups in total. The predicted octanol–water partition coefficient (Wildman–Crippen LogP) is 3.49. The number of nitro benzene ring substituents is 1. The molecule has 2 aliphatic rings. The third kappa shape index (κ3) is 2.94. The minimum Gasteiger partial charge on any atom is -0.329 e. The van der Waals surface area contributed by atoms with Crippen LogP contribution in [-0.2, 0) is 9.59 Å². The van der Waals surface area contributed by atoms with E-state index < -0.39 is 10.8 Å². The van der Waals surface area contributed by atoms with Crippen LogP contribution in [0, 0.1) is 15.5 Å². The van der Waals surface area contributed by atoms with E-state index >= 15 is 0 Å². The fraction of sp³-hybridized carbons (Fsp3) is 0.412. The third-order valence-corrected chi connectivity index (χ3v) is 4.84. The fourth-order valence-corrected chi connectivity index (χ4v) is 3.71. The van der Waals surface area contributed by atoms with Crippen LogP contribution < -0.4 is 5.32 Å². The van der Waals surface area contributed by atoms with Crippen molar-refractivity contribution in [3.05, 3.63) is 50.2 Å². The van der Waals surface area contributed by atoms with Gasteiger partial charge in [0, 0.05) is 36.1 Å². The molecule has 6 nitrogen and oxygen atoms in total. The monoisotopic (exact) mass is 348 g/mol. The van der Waals surface area contributed by atoms with E-state index in [0.29, 0.717) is 29.7 Å². The molecule has 1 heterocycles. The van der Waals surface area contributed by atoms with Gasteiger partial charge >= 0.3 is 0 Å². The quantitative estimate of drug-likeness (QED) is 0.654. The molecule has 0 spiro atoms. The van der Waals surface area contributed by atoms with Crippen molar-refractivity contribution >= 4 is 29.0 Å². The molecule has 0 bridgehead atoms. The Morgan fingerprint density at radius 3 is 2.67 bits per heavy atom. The molecule has 1 atom stereocenters. The number of ketones is 1. The Labute approximate surface area is 144 Å². The van der Waals surface area contributed by atoms with Crippen LogP contribution in [0.4, 0.5) is 5.69 Å². The number of hydrogen-bond donors (Lipinski definition) is 1. The summed E-state index contributed by atoms with van der Waals surface area (Å²) in [5, 5.41) is 14.0. The Hall–Kier alpha value is -2.21. The first-order valence-corrected chi connectivity index (χ1v) is 8.06. The summed E-state index contributed by atoms with van der Waals surface area (Å²) in [5.41, 5.74) is 1.37. The van der Waals surface area contributed by atoms with Crippen molar-refractivity contribution in [1.29, 1.82) is 0 Å². The maximum absolute atomic E-state index is 12.7. The zero-order valence-corrected chi connectivity index (χ0v) is 14.1. The van der Waals surface area contributed by atoms with Crippen LogP contribution in [-0.4, -0.2) is 16.6 Å². The molecular formula is C17H17ClN2O4. The topological polar surface area (TPSA) is 89.3 Å². The van der Waals surface area contributed by atoms with Crippen molar-refractivity contribution in [2.75, 3.05) is 0 Å². The Kier molecular flexibility index (Phi) is 3.95. The summed E-state index contributed by atoms with van der Waals surface area (Å²) in [6.07, 6.45) is 1.10. The Morgan fingerprint density at radius 2 is 2.00 bits per heavy atom. The first-order valence-electron chi connectivity index (χ1n) is 7.68. The van der Waals surface area contributed by atoms with Crippen molar-refractivity contribution in [2.24, 2.45) is 5.41 Å². The summed E-state index contributed by atoms with van der Waals surface area (Å²) in [6, 6.07) is 4.46. The summed E-state index contributed by atoms with van der Waals surface area (Å²) >= 11 is 5.86. The van der Waals surface area contributed by atoms with E-state index in [1.54, 1.807) is 6.07 Å². The number of nitro groups is 1. The number of carbonyl (C=O) groups excluding carboxylic acids is 2. The van der Waals surface area contributed by atoms with Crippen LogP contribution in [0.25, 0.3) is 0 Å². The van der Waals surface area contributed by atoms with E-state index in [-0.39, 0.29) is 34.2 Å². The number of rotatable bonds is 2. The molecule has 0 aromatic heterocycles. The lowest BCUT2D eigenvalue weighted by Gasteiger charge is -2.37. The first kappa shape index (κ1) is 16.6. The largest absolute Gasteiger partial charge is 0.329 e. The molecule has 0 saturated carbocycles. The van der Waals surface area contributed by atoms with Crippen molar-refractivity contribution in [3.8, 4) is 0 Å². The number of amides is 1. The number of halogens is 1. The van der Waals surface area contributed by atoms with Gasteiger partial charge in [-0.25, -0.2) is 0 Å². The molecule has 0 radical (unpaired) electrons. The number of carbonyl (C=O) groups is 2. The predicted molar refractivity (Wildman–Crippen MR) is 88.7 cm³/mol. The Bertz CT molecular complexity index is 798. The summed E-state index contributed by atoms with van der Waals surface area (Å²) in [6.45, 7) is 3.97. The van der Waals surface area contributed by atoms with Gasteiger partial charge in [0.1, 0.15) is 5.02 Å². The first-order chi connectivity index (χ1) is 11.2. The second kappa shape index (κ2) is 5.70. The normalized spacial score (nSPS) is 22.9. The van der Waals surface area contributed by atoms with Gasteiger partial charge in [-0.15, -0.1) is 0 Å². The van der Waals surface area contributed by atoms with Crippen molar-refractivity contribution < 1.29 is 14.5 Å². The second-order valence-corrected chi connectivity index (χ2v) is 7.51. The van der Waals surface area contributed by atoms with E-state index in [9.17, 15) is 19.7 Å². The van der Waals surface area contributed by atoms with Gasteiger partial charge in [-0.3, -0.25) is 19.7 Å². The van der Waals surface area contributed by atoms with Gasteiger partial charge in [0.2, 0.25) is 5.91 Å². The van der Waals surface area contributed by atoms with Crippen molar-refractivity contribution in [2.45, 2.75) is 39.0 Å². The molecule has 1 unspecified atom stereocenters. The van der Waals surface area contributed by atoms with Gasteiger partial charge in [0.15, 0.2) is 5.78 Å². The molecule has 1 amide bonds. The zero-order valence-electron chi connectivity index (χ0n) is 13.4. The lowest BCUT2D eigenvalue weighted by molar-refractivity contribution is -0.384. The maximum atomic E-state index is 12.7. The maximum Gasteiger partial charge on any atom is 0.288 e. The van der Waals surface area contributed by atoms with E-state index in [1.807, 2.05) is 13.8 Å².